The van der Waals surface area contributed by atoms with Gasteiger partial charge < -0.3 is 10.5 Å². The van der Waals surface area contributed by atoms with Crippen molar-refractivity contribution in [2.24, 2.45) is 0 Å². The molecule has 0 atom stereocenters. The molecule has 108 valence electrons. The van der Waals surface area contributed by atoms with Gasteiger partial charge in [-0.1, -0.05) is 39.5 Å². The molecule has 1 rings (SSSR count). The van der Waals surface area contributed by atoms with Crippen LogP contribution in [0.4, 0.5) is 5.82 Å². The summed E-state index contributed by atoms with van der Waals surface area (Å²) in [6.45, 7) is 6.95. The fourth-order valence-corrected chi connectivity index (χ4v) is 1.91. The molecule has 0 aliphatic carbocycles. The van der Waals surface area contributed by atoms with Crippen molar-refractivity contribution < 1.29 is 4.74 Å². The number of rotatable bonds is 9. The second kappa shape index (κ2) is 8.73. The van der Waals surface area contributed by atoms with Gasteiger partial charge in [-0.05, 0) is 19.8 Å². The zero-order valence-corrected chi connectivity index (χ0v) is 12.5. The zero-order valence-electron chi connectivity index (χ0n) is 12.5. The predicted octanol–water partition coefficient (Wildman–Crippen LogP) is 3.67. The van der Waals surface area contributed by atoms with E-state index in [9.17, 15) is 0 Å². The summed E-state index contributed by atoms with van der Waals surface area (Å²) in [5.41, 5.74) is 6.75. The molecule has 4 heteroatoms. The van der Waals surface area contributed by atoms with Gasteiger partial charge in [0.1, 0.15) is 11.6 Å². The van der Waals surface area contributed by atoms with E-state index in [-0.39, 0.29) is 0 Å². The van der Waals surface area contributed by atoms with E-state index in [1.54, 1.807) is 0 Å². The monoisotopic (exact) mass is 265 g/mol. The molecule has 0 radical (unpaired) electrons. The highest BCUT2D eigenvalue weighted by molar-refractivity contribution is 5.44. The Morgan fingerprint density at radius 3 is 2.42 bits per heavy atom. The zero-order chi connectivity index (χ0) is 14.1. The Morgan fingerprint density at radius 1 is 1.00 bits per heavy atom. The van der Waals surface area contributed by atoms with E-state index in [1.807, 2.05) is 6.92 Å². The third-order valence-electron chi connectivity index (χ3n) is 3.15. The molecule has 0 aromatic carbocycles. The Labute approximate surface area is 116 Å². The molecule has 0 aliphatic rings. The summed E-state index contributed by atoms with van der Waals surface area (Å²) in [5.74, 6) is 1.98. The van der Waals surface area contributed by atoms with E-state index in [0.29, 0.717) is 18.3 Å². The minimum absolute atomic E-state index is 0.541. The molecular formula is C15H27N3O. The highest BCUT2D eigenvalue weighted by Gasteiger charge is 2.09. The lowest BCUT2D eigenvalue weighted by Crippen LogP contribution is -2.08. The number of anilines is 1. The molecule has 2 N–H and O–H groups in total. The first-order valence-corrected chi connectivity index (χ1v) is 7.44. The van der Waals surface area contributed by atoms with Gasteiger partial charge in [0.15, 0.2) is 0 Å². The van der Waals surface area contributed by atoms with Crippen LogP contribution in [0.3, 0.4) is 0 Å². The average Bonchev–Trinajstić information content (AvgIpc) is 2.39. The highest BCUT2D eigenvalue weighted by atomic mass is 16.5. The van der Waals surface area contributed by atoms with Crippen molar-refractivity contribution in [3.8, 4) is 5.88 Å². The number of unbranched alkanes of at least 4 members (excludes halogenated alkanes) is 4. The molecule has 1 aromatic rings. The van der Waals surface area contributed by atoms with Gasteiger partial charge in [0.25, 0.3) is 0 Å². The number of nitrogens with zero attached hydrogens (tertiary/aromatic N) is 2. The fourth-order valence-electron chi connectivity index (χ4n) is 1.91. The minimum atomic E-state index is 0.541. The summed E-state index contributed by atoms with van der Waals surface area (Å²) in [4.78, 5) is 8.72. The molecule has 19 heavy (non-hydrogen) atoms. The van der Waals surface area contributed by atoms with Crippen LogP contribution in [0.15, 0.2) is 0 Å². The number of aromatic nitrogens is 2. The molecule has 4 nitrogen and oxygen atoms in total. The maximum absolute atomic E-state index is 5.89. The lowest BCUT2D eigenvalue weighted by Gasteiger charge is -2.11. The van der Waals surface area contributed by atoms with Crippen molar-refractivity contribution in [2.45, 2.75) is 65.7 Å². The quantitative estimate of drug-likeness (QED) is 0.692. The van der Waals surface area contributed by atoms with Crippen LogP contribution in [-0.2, 0) is 6.42 Å². The SMILES string of the molecule is CCCCCCCOc1nc(CCC)nc(N)c1C. The Morgan fingerprint density at radius 2 is 1.74 bits per heavy atom. The number of ether oxygens (including phenoxy) is 1. The van der Waals surface area contributed by atoms with Crippen molar-refractivity contribution in [3.05, 3.63) is 11.4 Å². The lowest BCUT2D eigenvalue weighted by atomic mass is 10.2. The molecule has 0 bridgehead atoms. The molecule has 0 spiro atoms. The van der Waals surface area contributed by atoms with Crippen LogP contribution < -0.4 is 10.5 Å². The topological polar surface area (TPSA) is 61.0 Å². The molecule has 0 unspecified atom stereocenters. The summed E-state index contributed by atoms with van der Waals surface area (Å²) >= 11 is 0. The van der Waals surface area contributed by atoms with Gasteiger partial charge in [0, 0.05) is 6.42 Å². The van der Waals surface area contributed by atoms with Gasteiger partial charge in [0.05, 0.1) is 12.2 Å². The number of hydrogen-bond acceptors (Lipinski definition) is 4. The van der Waals surface area contributed by atoms with E-state index in [1.165, 1.54) is 25.7 Å². The number of nitrogens with two attached hydrogens (primary N) is 1. The van der Waals surface area contributed by atoms with Gasteiger partial charge in [-0.2, -0.15) is 4.98 Å². The lowest BCUT2D eigenvalue weighted by molar-refractivity contribution is 0.290. The first-order valence-electron chi connectivity index (χ1n) is 7.44. The number of nitrogen functional groups attached to an aromatic ring is 1. The van der Waals surface area contributed by atoms with Crippen molar-refractivity contribution in [2.75, 3.05) is 12.3 Å². The molecule has 0 fully saturated rings. The molecule has 0 saturated carbocycles. The van der Waals surface area contributed by atoms with Crippen LogP contribution in [-0.4, -0.2) is 16.6 Å². The van der Waals surface area contributed by atoms with E-state index < -0.39 is 0 Å². The van der Waals surface area contributed by atoms with E-state index >= 15 is 0 Å². The second-order valence-corrected chi connectivity index (χ2v) is 4.97. The largest absolute Gasteiger partial charge is 0.477 e. The third-order valence-corrected chi connectivity index (χ3v) is 3.15. The van der Waals surface area contributed by atoms with Gasteiger partial charge >= 0.3 is 0 Å². The van der Waals surface area contributed by atoms with Crippen molar-refractivity contribution in [1.29, 1.82) is 0 Å². The Bertz CT molecular complexity index is 380. The molecule has 0 amide bonds. The van der Waals surface area contributed by atoms with E-state index in [4.69, 9.17) is 10.5 Å². The normalized spacial score (nSPS) is 10.7. The second-order valence-electron chi connectivity index (χ2n) is 4.97. The smallest absolute Gasteiger partial charge is 0.221 e. The van der Waals surface area contributed by atoms with Gasteiger partial charge in [-0.3, -0.25) is 0 Å². The molecule has 1 aromatic heterocycles. The third kappa shape index (κ3) is 5.45. The predicted molar refractivity (Wildman–Crippen MR) is 79.4 cm³/mol. The summed E-state index contributed by atoms with van der Waals surface area (Å²) in [7, 11) is 0. The van der Waals surface area contributed by atoms with E-state index in [0.717, 1.165) is 30.7 Å². The fraction of sp³-hybridized carbons (Fsp3) is 0.733. The number of hydrogen-bond donors (Lipinski definition) is 1. The summed E-state index contributed by atoms with van der Waals surface area (Å²) in [6.07, 6.45) is 8.01. The van der Waals surface area contributed by atoms with Crippen LogP contribution in [0, 0.1) is 6.92 Å². The molecule has 1 heterocycles. The molecule has 0 saturated heterocycles. The van der Waals surface area contributed by atoms with Gasteiger partial charge in [-0.25, -0.2) is 4.98 Å². The average molecular weight is 265 g/mol. The van der Waals surface area contributed by atoms with Crippen molar-refractivity contribution in [3.63, 3.8) is 0 Å². The minimum Gasteiger partial charge on any atom is -0.477 e. The van der Waals surface area contributed by atoms with Crippen molar-refractivity contribution in [1.82, 2.24) is 9.97 Å². The molecular weight excluding hydrogens is 238 g/mol. The van der Waals surface area contributed by atoms with Crippen LogP contribution in [0.25, 0.3) is 0 Å². The van der Waals surface area contributed by atoms with Crippen LogP contribution in [0.1, 0.15) is 63.8 Å². The number of aryl methyl sites for hydroxylation is 1. The standard InChI is InChI=1S/C15H27N3O/c1-4-6-7-8-9-11-19-15-12(3)14(16)17-13(18-15)10-5-2/h4-11H2,1-3H3,(H2,16,17,18). The first kappa shape index (κ1) is 15.7. The summed E-state index contributed by atoms with van der Waals surface area (Å²) in [5, 5.41) is 0. The highest BCUT2D eigenvalue weighted by Crippen LogP contribution is 2.20. The maximum atomic E-state index is 5.89. The van der Waals surface area contributed by atoms with Crippen LogP contribution in [0.5, 0.6) is 5.88 Å². The molecule has 0 aliphatic heterocycles. The van der Waals surface area contributed by atoms with Gasteiger partial charge in [0.2, 0.25) is 5.88 Å². The maximum Gasteiger partial charge on any atom is 0.221 e. The first-order chi connectivity index (χ1) is 9.19. The van der Waals surface area contributed by atoms with Gasteiger partial charge in [-0.15, -0.1) is 0 Å². The summed E-state index contributed by atoms with van der Waals surface area (Å²) < 4.78 is 5.75. The van der Waals surface area contributed by atoms with Crippen molar-refractivity contribution >= 4 is 5.82 Å². The Kier molecular flexibility index (Phi) is 7.23. The Hall–Kier alpha value is -1.32. The summed E-state index contributed by atoms with van der Waals surface area (Å²) in [6, 6.07) is 0. The van der Waals surface area contributed by atoms with E-state index in [2.05, 4.69) is 23.8 Å². The van der Waals surface area contributed by atoms with Crippen LogP contribution in [0.2, 0.25) is 0 Å². The van der Waals surface area contributed by atoms with Crippen LogP contribution >= 0.6 is 0 Å². The Balaban J connectivity index is 2.47.